The number of carbonyl (C=O) groups excluding carboxylic acids is 1. The Balaban J connectivity index is 1.48. The van der Waals surface area contributed by atoms with Crippen molar-refractivity contribution in [3.8, 4) is 17.2 Å². The summed E-state index contributed by atoms with van der Waals surface area (Å²) in [4.78, 5) is 21.3. The number of nitrogen functional groups attached to an aromatic ring is 1. The number of hydrogen-bond acceptors (Lipinski definition) is 6. The highest BCUT2D eigenvalue weighted by Gasteiger charge is 2.18. The minimum absolute atomic E-state index is 0.142. The fourth-order valence-corrected chi connectivity index (χ4v) is 3.78. The van der Waals surface area contributed by atoms with Crippen molar-refractivity contribution in [3.63, 3.8) is 0 Å². The maximum absolute atomic E-state index is 13.7. The van der Waals surface area contributed by atoms with Gasteiger partial charge in [0.1, 0.15) is 17.7 Å². The molecular formula is C28H23F2N5O. The van der Waals surface area contributed by atoms with Gasteiger partial charge in [-0.2, -0.15) is 5.26 Å². The van der Waals surface area contributed by atoms with Crippen LogP contribution in [0.1, 0.15) is 46.3 Å². The normalized spacial score (nSPS) is 11.5. The lowest BCUT2D eigenvalue weighted by molar-refractivity contribution is 0.0976. The lowest BCUT2D eigenvalue weighted by atomic mass is 9.93. The monoisotopic (exact) mass is 483 g/mol. The van der Waals surface area contributed by atoms with Gasteiger partial charge in [0.15, 0.2) is 17.4 Å². The van der Waals surface area contributed by atoms with Crippen LogP contribution in [0.25, 0.3) is 11.1 Å². The van der Waals surface area contributed by atoms with Crippen LogP contribution < -0.4 is 11.1 Å². The molecule has 36 heavy (non-hydrogen) atoms. The first-order valence-corrected chi connectivity index (χ1v) is 11.3. The second-order valence-electron chi connectivity index (χ2n) is 8.45. The number of pyridine rings is 2. The average Bonchev–Trinajstić information content (AvgIpc) is 2.89. The molecule has 0 saturated heterocycles. The predicted octanol–water partition coefficient (Wildman–Crippen LogP) is 5.86. The number of benzene rings is 2. The summed E-state index contributed by atoms with van der Waals surface area (Å²) in [5, 5.41) is 12.5. The zero-order valence-electron chi connectivity index (χ0n) is 19.5. The number of carbonyl (C=O) groups is 1. The number of nitrogens with zero attached hydrogens (tertiary/aromatic N) is 3. The minimum atomic E-state index is -0.573. The van der Waals surface area contributed by atoms with Crippen LogP contribution in [0.2, 0.25) is 0 Å². The molecule has 8 heteroatoms. The van der Waals surface area contributed by atoms with Gasteiger partial charge in [0, 0.05) is 30.9 Å². The highest BCUT2D eigenvalue weighted by atomic mass is 19.1. The van der Waals surface area contributed by atoms with Gasteiger partial charge in [0.25, 0.3) is 0 Å². The summed E-state index contributed by atoms with van der Waals surface area (Å²) in [6, 6.07) is 18.4. The molecule has 1 atom stereocenters. The lowest BCUT2D eigenvalue weighted by Crippen LogP contribution is -2.11. The second-order valence-corrected chi connectivity index (χ2v) is 8.45. The third-order valence-electron chi connectivity index (χ3n) is 5.86. The molecule has 6 nitrogen and oxygen atoms in total. The fraction of sp³-hybridized carbons (Fsp3) is 0.143. The Hall–Kier alpha value is -4.64. The van der Waals surface area contributed by atoms with E-state index in [1.807, 2.05) is 37.3 Å². The van der Waals surface area contributed by atoms with Crippen LogP contribution in [-0.4, -0.2) is 15.8 Å². The van der Waals surface area contributed by atoms with Crippen molar-refractivity contribution in [2.75, 3.05) is 11.1 Å². The summed E-state index contributed by atoms with van der Waals surface area (Å²) in [5.41, 5.74) is 9.20. The molecule has 180 valence electrons. The van der Waals surface area contributed by atoms with Crippen molar-refractivity contribution in [3.05, 3.63) is 107 Å². The topological polar surface area (TPSA) is 105 Å². The van der Waals surface area contributed by atoms with Gasteiger partial charge in [0.2, 0.25) is 0 Å². The van der Waals surface area contributed by atoms with Crippen molar-refractivity contribution in [1.82, 2.24) is 9.97 Å². The number of Topliss-reactive ketones (excluding diaryl/α,β-unsaturated/α-hetero) is 1. The Morgan fingerprint density at radius 1 is 1.03 bits per heavy atom. The van der Waals surface area contributed by atoms with Gasteiger partial charge in [-0.3, -0.25) is 4.79 Å². The Kier molecular flexibility index (Phi) is 7.31. The van der Waals surface area contributed by atoms with Gasteiger partial charge in [-0.25, -0.2) is 18.7 Å². The van der Waals surface area contributed by atoms with Crippen LogP contribution in [-0.2, 0) is 6.54 Å². The van der Waals surface area contributed by atoms with Crippen molar-refractivity contribution >= 4 is 17.4 Å². The molecule has 0 aliphatic heterocycles. The number of nitriles is 1. The maximum atomic E-state index is 13.7. The molecule has 0 radical (unpaired) electrons. The van der Waals surface area contributed by atoms with E-state index in [0.29, 0.717) is 23.5 Å². The van der Waals surface area contributed by atoms with Gasteiger partial charge in [-0.15, -0.1) is 0 Å². The predicted molar refractivity (Wildman–Crippen MR) is 134 cm³/mol. The molecule has 2 aromatic carbocycles. The van der Waals surface area contributed by atoms with E-state index in [2.05, 4.69) is 15.3 Å². The lowest BCUT2D eigenvalue weighted by Gasteiger charge is -2.14. The Morgan fingerprint density at radius 2 is 1.75 bits per heavy atom. The first-order chi connectivity index (χ1) is 17.3. The molecule has 0 saturated carbocycles. The van der Waals surface area contributed by atoms with E-state index in [4.69, 9.17) is 5.73 Å². The fourth-order valence-electron chi connectivity index (χ4n) is 3.78. The van der Waals surface area contributed by atoms with Gasteiger partial charge in [-0.05, 0) is 46.9 Å². The maximum Gasteiger partial charge on any atom is 0.167 e. The number of aromatic nitrogens is 2. The van der Waals surface area contributed by atoms with E-state index >= 15 is 0 Å². The summed E-state index contributed by atoms with van der Waals surface area (Å²) < 4.78 is 27.0. The number of hydrogen-bond donors (Lipinski definition) is 2. The molecule has 0 unspecified atom stereocenters. The first-order valence-electron chi connectivity index (χ1n) is 11.3. The summed E-state index contributed by atoms with van der Waals surface area (Å²) >= 11 is 0. The highest BCUT2D eigenvalue weighted by molar-refractivity contribution is 6.01. The van der Waals surface area contributed by atoms with Crippen LogP contribution in [0.3, 0.4) is 0 Å². The van der Waals surface area contributed by atoms with Crippen LogP contribution in [0.5, 0.6) is 0 Å². The largest absolute Gasteiger partial charge is 0.381 e. The molecule has 3 N–H and O–H groups in total. The Bertz CT molecular complexity index is 1430. The van der Waals surface area contributed by atoms with E-state index < -0.39 is 5.82 Å². The standard InChI is InChI=1S/C28H23F2N5O/c1-17(20-6-8-23(29)9-7-20)10-26(36)24-11-19(13-31)15-35-28(24)34-14-18-2-4-21(5-3-18)22-12-25(30)27(32)33-16-22/h2-9,11-12,15-17H,10,14H2,1H3,(H2,32,33)(H,34,35)/t17-/m1/s1. The van der Waals surface area contributed by atoms with Crippen LogP contribution in [0.15, 0.2) is 73.1 Å². The Morgan fingerprint density at radius 3 is 2.42 bits per heavy atom. The molecule has 0 bridgehead atoms. The number of ketones is 1. The highest BCUT2D eigenvalue weighted by Crippen LogP contribution is 2.26. The molecule has 0 spiro atoms. The zero-order valence-corrected chi connectivity index (χ0v) is 19.5. The molecule has 0 aliphatic carbocycles. The molecule has 4 aromatic rings. The quantitative estimate of drug-likeness (QED) is 0.304. The third kappa shape index (κ3) is 5.70. The SMILES string of the molecule is C[C@H](CC(=O)c1cc(C#N)cnc1NCc1ccc(-c2cnc(N)c(F)c2)cc1)c1ccc(F)cc1. The van der Waals surface area contributed by atoms with E-state index in [1.165, 1.54) is 36.7 Å². The average molecular weight is 484 g/mol. The van der Waals surface area contributed by atoms with Crippen molar-refractivity contribution in [2.24, 2.45) is 0 Å². The van der Waals surface area contributed by atoms with Crippen LogP contribution in [0.4, 0.5) is 20.4 Å². The summed E-state index contributed by atoms with van der Waals surface area (Å²) in [7, 11) is 0. The molecule has 4 rings (SSSR count). The molecule has 0 fully saturated rings. The van der Waals surface area contributed by atoms with Gasteiger partial charge < -0.3 is 11.1 Å². The van der Waals surface area contributed by atoms with Gasteiger partial charge in [0.05, 0.1) is 11.1 Å². The zero-order chi connectivity index (χ0) is 25.7. The van der Waals surface area contributed by atoms with Crippen molar-refractivity contribution in [1.29, 1.82) is 5.26 Å². The number of anilines is 2. The molecule has 2 heterocycles. The summed E-state index contributed by atoms with van der Waals surface area (Å²) in [6.07, 6.45) is 3.10. The third-order valence-corrected chi connectivity index (χ3v) is 5.86. The minimum Gasteiger partial charge on any atom is -0.381 e. The number of rotatable bonds is 8. The smallest absolute Gasteiger partial charge is 0.167 e. The van der Waals surface area contributed by atoms with E-state index in [0.717, 1.165) is 16.7 Å². The van der Waals surface area contributed by atoms with Gasteiger partial charge >= 0.3 is 0 Å². The van der Waals surface area contributed by atoms with Gasteiger partial charge in [-0.1, -0.05) is 43.3 Å². The number of nitrogens with one attached hydrogen (secondary N) is 1. The van der Waals surface area contributed by atoms with E-state index in [1.54, 1.807) is 12.1 Å². The summed E-state index contributed by atoms with van der Waals surface area (Å²) in [5.74, 6) is -0.994. The number of nitrogens with two attached hydrogens (primary N) is 1. The Labute approximate surface area is 207 Å². The number of halogens is 2. The van der Waals surface area contributed by atoms with E-state index in [9.17, 15) is 18.8 Å². The van der Waals surface area contributed by atoms with Crippen molar-refractivity contribution < 1.29 is 13.6 Å². The first kappa shape index (κ1) is 24.5. The van der Waals surface area contributed by atoms with E-state index in [-0.39, 0.29) is 35.3 Å². The van der Waals surface area contributed by atoms with Crippen molar-refractivity contribution in [2.45, 2.75) is 25.8 Å². The second kappa shape index (κ2) is 10.7. The summed E-state index contributed by atoms with van der Waals surface area (Å²) in [6.45, 7) is 2.27. The molecule has 0 aliphatic rings. The molecule has 2 aromatic heterocycles. The molecular weight excluding hydrogens is 460 g/mol. The van der Waals surface area contributed by atoms with Crippen LogP contribution in [0, 0.1) is 23.0 Å². The van der Waals surface area contributed by atoms with Crippen LogP contribution >= 0.6 is 0 Å². The molecule has 0 amide bonds.